The molecule has 1 fully saturated rings. The van der Waals surface area contributed by atoms with Gasteiger partial charge in [0, 0.05) is 5.56 Å². The van der Waals surface area contributed by atoms with Gasteiger partial charge in [-0.25, -0.2) is 4.79 Å². The number of hydrogen-bond donors (Lipinski definition) is 4. The number of benzene rings is 2. The van der Waals surface area contributed by atoms with E-state index in [-0.39, 0.29) is 16.9 Å². The van der Waals surface area contributed by atoms with E-state index >= 15 is 0 Å². The van der Waals surface area contributed by atoms with E-state index in [1.807, 2.05) is 19.1 Å². The number of aliphatic hydroxyl groups is 2. The van der Waals surface area contributed by atoms with E-state index in [1.165, 1.54) is 13.2 Å². The molecule has 1 saturated carbocycles. The Labute approximate surface area is 189 Å². The van der Waals surface area contributed by atoms with Crippen molar-refractivity contribution < 1.29 is 32.9 Å². The number of urea groups is 1. The van der Waals surface area contributed by atoms with Crippen LogP contribution in [0, 0.1) is 0 Å². The number of aliphatic hydroxyl groups excluding tert-OH is 2. The molecule has 2 aliphatic carbocycles. The minimum absolute atomic E-state index is 0.0314. The van der Waals surface area contributed by atoms with Crippen molar-refractivity contribution in [3.05, 3.63) is 58.7 Å². The summed E-state index contributed by atoms with van der Waals surface area (Å²) in [6.45, 7) is 1.94. The summed E-state index contributed by atoms with van der Waals surface area (Å²) in [4.78, 5) is 12.8. The lowest BCUT2D eigenvalue weighted by atomic mass is 9.65. The Hall–Kier alpha value is -2.78. The van der Waals surface area contributed by atoms with E-state index in [2.05, 4.69) is 10.6 Å². The fourth-order valence-corrected chi connectivity index (χ4v) is 4.73. The van der Waals surface area contributed by atoms with Crippen LogP contribution >= 0.6 is 0 Å². The summed E-state index contributed by atoms with van der Waals surface area (Å²) in [6.07, 6.45) is -5.59. The number of carbonyl (C=O) groups is 1. The van der Waals surface area contributed by atoms with Gasteiger partial charge >= 0.3 is 12.2 Å². The summed E-state index contributed by atoms with van der Waals surface area (Å²) in [6, 6.07) is 8.95. The van der Waals surface area contributed by atoms with Crippen molar-refractivity contribution in [1.82, 2.24) is 5.32 Å². The molecule has 0 radical (unpaired) electrons. The third kappa shape index (κ3) is 4.39. The summed E-state index contributed by atoms with van der Waals surface area (Å²) in [5.41, 5.74) is 1.49. The second-order valence-electron chi connectivity index (χ2n) is 9.06. The fraction of sp³-hybridized carbons (Fsp3) is 0.458. The second-order valence-corrected chi connectivity index (χ2v) is 9.06. The van der Waals surface area contributed by atoms with E-state index in [0.29, 0.717) is 12.0 Å². The molecule has 0 aromatic heterocycles. The van der Waals surface area contributed by atoms with Crippen LogP contribution in [0.2, 0.25) is 0 Å². The molecule has 4 N–H and O–H groups in total. The van der Waals surface area contributed by atoms with Crippen LogP contribution in [0.5, 0.6) is 5.75 Å². The predicted molar refractivity (Wildman–Crippen MR) is 116 cm³/mol. The first-order valence-electron chi connectivity index (χ1n) is 10.8. The van der Waals surface area contributed by atoms with Crippen LogP contribution in [0.4, 0.5) is 23.7 Å². The molecular formula is C24H27F3N2O4. The zero-order valence-corrected chi connectivity index (χ0v) is 18.4. The number of methoxy groups -OCH3 is 1. The molecule has 0 aliphatic heterocycles. The third-order valence-electron chi connectivity index (χ3n) is 6.84. The monoisotopic (exact) mass is 464 g/mol. The normalized spacial score (nSPS) is 22.2. The van der Waals surface area contributed by atoms with E-state index in [1.54, 1.807) is 18.2 Å². The molecule has 2 aliphatic rings. The van der Waals surface area contributed by atoms with Crippen LogP contribution in [0.15, 0.2) is 36.4 Å². The molecule has 0 saturated heterocycles. The average Bonchev–Trinajstić information content (AvgIpc) is 3.05. The van der Waals surface area contributed by atoms with Crippen molar-refractivity contribution in [3.63, 3.8) is 0 Å². The number of nitrogens with one attached hydrogen (secondary N) is 2. The number of amides is 2. The van der Waals surface area contributed by atoms with E-state index in [4.69, 9.17) is 4.74 Å². The van der Waals surface area contributed by atoms with Gasteiger partial charge in [0.2, 0.25) is 0 Å². The number of fused-ring (bicyclic) bond motifs is 1. The Balaban J connectivity index is 1.62. The Morgan fingerprint density at radius 1 is 1.24 bits per heavy atom. The Morgan fingerprint density at radius 3 is 2.52 bits per heavy atom. The molecular weight excluding hydrogens is 437 g/mol. The predicted octanol–water partition coefficient (Wildman–Crippen LogP) is 4.51. The summed E-state index contributed by atoms with van der Waals surface area (Å²) in [5.74, 6) is -0.253. The van der Waals surface area contributed by atoms with Gasteiger partial charge in [-0.05, 0) is 53.5 Å². The van der Waals surface area contributed by atoms with Crippen molar-refractivity contribution >= 4 is 11.7 Å². The molecule has 33 heavy (non-hydrogen) atoms. The van der Waals surface area contributed by atoms with Gasteiger partial charge in [-0.15, -0.1) is 0 Å². The second kappa shape index (κ2) is 8.53. The van der Waals surface area contributed by atoms with Crippen LogP contribution in [-0.4, -0.2) is 35.6 Å². The van der Waals surface area contributed by atoms with Gasteiger partial charge in [0.25, 0.3) is 0 Å². The number of hydrogen-bond acceptors (Lipinski definition) is 4. The smallest absolute Gasteiger partial charge is 0.418 e. The summed E-state index contributed by atoms with van der Waals surface area (Å²) < 4.78 is 45.3. The van der Waals surface area contributed by atoms with Crippen LogP contribution in [0.3, 0.4) is 0 Å². The highest BCUT2D eigenvalue weighted by Gasteiger charge is 2.43. The molecule has 0 unspecified atom stereocenters. The highest BCUT2D eigenvalue weighted by molar-refractivity contribution is 5.92. The quantitative estimate of drug-likeness (QED) is 0.524. The topological polar surface area (TPSA) is 90.8 Å². The SMILES string of the molecule is COc1c(NC(=O)N[C@@H]2Cc3ccccc3[C@@H]2O)cc(C2(C)CCC2)cc1[C@H](O)C(F)(F)F. The van der Waals surface area contributed by atoms with Crippen molar-refractivity contribution in [1.29, 1.82) is 0 Å². The molecule has 6 nitrogen and oxygen atoms in total. The molecule has 0 bridgehead atoms. The number of anilines is 1. The lowest BCUT2D eigenvalue weighted by Gasteiger charge is -2.40. The summed E-state index contributed by atoms with van der Waals surface area (Å²) >= 11 is 0. The molecule has 2 aromatic rings. The highest BCUT2D eigenvalue weighted by Crippen LogP contribution is 2.48. The number of rotatable bonds is 5. The van der Waals surface area contributed by atoms with Crippen molar-refractivity contribution in [2.75, 3.05) is 12.4 Å². The van der Waals surface area contributed by atoms with Gasteiger partial charge in [0.1, 0.15) is 5.75 Å². The Kier molecular flexibility index (Phi) is 6.05. The van der Waals surface area contributed by atoms with Crippen LogP contribution in [0.25, 0.3) is 0 Å². The largest absolute Gasteiger partial charge is 0.494 e. The standard InChI is InChI=1S/C24H27F3N2O4/c1-23(8-5-9-23)14-11-16(21(31)24(25,26)27)20(33-2)18(12-14)29-22(32)28-17-10-13-6-3-4-7-15(13)19(17)30/h3-4,6-7,11-12,17,19,21,30-31H,5,8-10H2,1-2H3,(H2,28,29,32)/t17-,19+,21+/m1/s1. The first-order valence-corrected chi connectivity index (χ1v) is 10.8. The third-order valence-corrected chi connectivity index (χ3v) is 6.84. The number of alkyl halides is 3. The van der Waals surface area contributed by atoms with Gasteiger partial charge in [-0.1, -0.05) is 37.6 Å². The molecule has 178 valence electrons. The maximum absolute atomic E-state index is 13.4. The van der Waals surface area contributed by atoms with Crippen LogP contribution in [-0.2, 0) is 11.8 Å². The van der Waals surface area contributed by atoms with Crippen LogP contribution < -0.4 is 15.4 Å². The molecule has 4 rings (SSSR count). The summed E-state index contributed by atoms with van der Waals surface area (Å²) in [5, 5.41) is 25.8. The van der Waals surface area contributed by atoms with E-state index in [9.17, 15) is 28.2 Å². The van der Waals surface area contributed by atoms with Gasteiger partial charge in [0.05, 0.1) is 24.9 Å². The highest BCUT2D eigenvalue weighted by atomic mass is 19.4. The first-order chi connectivity index (χ1) is 15.5. The summed E-state index contributed by atoms with van der Waals surface area (Å²) in [7, 11) is 1.19. The van der Waals surface area contributed by atoms with Gasteiger partial charge < -0.3 is 25.6 Å². The molecule has 2 aromatic carbocycles. The molecule has 2 amide bonds. The van der Waals surface area contributed by atoms with Crippen molar-refractivity contribution in [2.45, 2.75) is 62.4 Å². The fourth-order valence-electron chi connectivity index (χ4n) is 4.73. The average molecular weight is 464 g/mol. The molecule has 0 spiro atoms. The number of ether oxygens (including phenoxy) is 1. The van der Waals surface area contributed by atoms with Gasteiger partial charge in [-0.2, -0.15) is 13.2 Å². The van der Waals surface area contributed by atoms with E-state index in [0.717, 1.165) is 30.4 Å². The first kappa shape index (κ1) is 23.4. The Morgan fingerprint density at radius 2 is 1.94 bits per heavy atom. The van der Waals surface area contributed by atoms with Gasteiger partial charge in [-0.3, -0.25) is 0 Å². The Bertz CT molecular complexity index is 1050. The zero-order valence-electron chi connectivity index (χ0n) is 18.4. The molecule has 3 atom stereocenters. The zero-order chi connectivity index (χ0) is 24.0. The molecule has 0 heterocycles. The lowest BCUT2D eigenvalue weighted by Crippen LogP contribution is -2.40. The maximum atomic E-state index is 13.4. The van der Waals surface area contributed by atoms with Crippen molar-refractivity contribution in [2.24, 2.45) is 0 Å². The number of halogens is 3. The van der Waals surface area contributed by atoms with Gasteiger partial charge in [0.15, 0.2) is 6.10 Å². The maximum Gasteiger partial charge on any atom is 0.418 e. The van der Waals surface area contributed by atoms with Crippen molar-refractivity contribution in [3.8, 4) is 5.75 Å². The minimum Gasteiger partial charge on any atom is -0.494 e. The van der Waals surface area contributed by atoms with Crippen LogP contribution in [0.1, 0.15) is 60.6 Å². The lowest BCUT2D eigenvalue weighted by molar-refractivity contribution is -0.207. The minimum atomic E-state index is -4.90. The van der Waals surface area contributed by atoms with E-state index < -0.39 is 36.0 Å². The molecule has 9 heteroatoms. The number of carbonyl (C=O) groups excluding carboxylic acids is 1.